The number of hydrogen-bond acceptors (Lipinski definition) is 3. The van der Waals surface area contributed by atoms with Crippen LogP contribution in [0.25, 0.3) is 0 Å². The molecule has 1 unspecified atom stereocenters. The molecule has 2 rings (SSSR count). The molecule has 2 aromatic rings. The monoisotopic (exact) mass is 373 g/mol. The van der Waals surface area contributed by atoms with Crippen molar-refractivity contribution in [3.05, 3.63) is 49.7 Å². The van der Waals surface area contributed by atoms with Gasteiger partial charge in [0.1, 0.15) is 5.75 Å². The molecule has 0 bridgehead atoms. The minimum atomic E-state index is -0.178. The van der Waals surface area contributed by atoms with Crippen molar-refractivity contribution in [2.24, 2.45) is 0 Å². The molecule has 0 radical (unpaired) electrons. The van der Waals surface area contributed by atoms with Crippen molar-refractivity contribution in [2.45, 2.75) is 13.0 Å². The number of carbonyl (C=O) groups excluding carboxylic acids is 1. The van der Waals surface area contributed by atoms with Gasteiger partial charge in [0.05, 0.1) is 9.61 Å². The molecular weight excluding hydrogens is 361 g/mol. The van der Waals surface area contributed by atoms with Gasteiger partial charge in [-0.1, -0.05) is 6.07 Å². The predicted octanol–water partition coefficient (Wildman–Crippen LogP) is 3.55. The molecule has 0 fully saturated rings. The predicted molar refractivity (Wildman–Crippen MR) is 81.0 cm³/mol. The van der Waals surface area contributed by atoms with Crippen molar-refractivity contribution in [1.82, 2.24) is 5.32 Å². The summed E-state index contributed by atoms with van der Waals surface area (Å²) in [4.78, 5) is 13.1. The standard InChI is InChI=1S/C13H12INO2S/c1-8(12-3-2-6-18-12)15-13(17)9-4-5-10(14)11(16)7-9/h2-8,16H,1H3,(H,15,17). The molecule has 94 valence electrons. The summed E-state index contributed by atoms with van der Waals surface area (Å²) in [5.74, 6) is -0.0466. The first-order valence-corrected chi connectivity index (χ1v) is 7.36. The quantitative estimate of drug-likeness (QED) is 0.809. The number of amides is 1. The largest absolute Gasteiger partial charge is 0.507 e. The lowest BCUT2D eigenvalue weighted by atomic mass is 10.2. The van der Waals surface area contributed by atoms with E-state index in [1.165, 1.54) is 6.07 Å². The molecule has 0 spiro atoms. The molecular formula is C13H12INO2S. The molecule has 1 aromatic carbocycles. The summed E-state index contributed by atoms with van der Waals surface area (Å²) in [5, 5.41) is 14.5. The van der Waals surface area contributed by atoms with Gasteiger partial charge in [-0.25, -0.2) is 0 Å². The highest BCUT2D eigenvalue weighted by Crippen LogP contribution is 2.22. The molecule has 1 heterocycles. The van der Waals surface area contributed by atoms with Crippen LogP contribution in [-0.2, 0) is 0 Å². The van der Waals surface area contributed by atoms with Crippen LogP contribution in [0.1, 0.15) is 28.2 Å². The van der Waals surface area contributed by atoms with E-state index in [0.717, 1.165) is 8.45 Å². The first-order chi connectivity index (χ1) is 8.58. The number of halogens is 1. The number of rotatable bonds is 3. The average molecular weight is 373 g/mol. The molecule has 0 saturated carbocycles. The molecule has 1 aromatic heterocycles. The maximum atomic E-state index is 12.0. The van der Waals surface area contributed by atoms with E-state index in [4.69, 9.17) is 0 Å². The van der Waals surface area contributed by atoms with E-state index >= 15 is 0 Å². The maximum absolute atomic E-state index is 12.0. The molecule has 3 nitrogen and oxygen atoms in total. The fourth-order valence-corrected chi connectivity index (χ4v) is 2.61. The number of nitrogens with one attached hydrogen (secondary N) is 1. The van der Waals surface area contributed by atoms with Gasteiger partial charge in [0.15, 0.2) is 0 Å². The Morgan fingerprint density at radius 1 is 1.44 bits per heavy atom. The molecule has 5 heteroatoms. The SMILES string of the molecule is CC(NC(=O)c1ccc(I)c(O)c1)c1cccs1. The third-order valence-corrected chi connectivity index (χ3v) is 4.49. The van der Waals surface area contributed by atoms with Crippen molar-refractivity contribution in [1.29, 1.82) is 0 Å². The molecule has 0 aliphatic heterocycles. The third kappa shape index (κ3) is 3.02. The van der Waals surface area contributed by atoms with E-state index in [1.807, 2.05) is 47.0 Å². The number of benzene rings is 1. The molecule has 1 amide bonds. The second-order valence-corrected chi connectivity index (χ2v) is 6.02. The van der Waals surface area contributed by atoms with Crippen molar-refractivity contribution in [2.75, 3.05) is 0 Å². The van der Waals surface area contributed by atoms with Gasteiger partial charge >= 0.3 is 0 Å². The first kappa shape index (κ1) is 13.4. The zero-order valence-electron chi connectivity index (χ0n) is 9.68. The van der Waals surface area contributed by atoms with E-state index in [1.54, 1.807) is 23.5 Å². The normalized spacial score (nSPS) is 12.1. The topological polar surface area (TPSA) is 49.3 Å². The second kappa shape index (κ2) is 5.71. The van der Waals surface area contributed by atoms with Crippen molar-refractivity contribution >= 4 is 39.8 Å². The molecule has 18 heavy (non-hydrogen) atoms. The highest BCUT2D eigenvalue weighted by Gasteiger charge is 2.13. The zero-order valence-corrected chi connectivity index (χ0v) is 12.7. The zero-order chi connectivity index (χ0) is 13.1. The minimum Gasteiger partial charge on any atom is -0.507 e. The van der Waals surface area contributed by atoms with Crippen molar-refractivity contribution in [3.8, 4) is 5.75 Å². The Balaban J connectivity index is 2.10. The highest BCUT2D eigenvalue weighted by atomic mass is 127. The smallest absolute Gasteiger partial charge is 0.251 e. The lowest BCUT2D eigenvalue weighted by Gasteiger charge is -2.12. The van der Waals surface area contributed by atoms with Gasteiger partial charge in [-0.05, 0) is 59.2 Å². The maximum Gasteiger partial charge on any atom is 0.251 e. The fraction of sp³-hybridized carbons (Fsp3) is 0.154. The fourth-order valence-electron chi connectivity index (χ4n) is 1.54. The van der Waals surface area contributed by atoms with E-state index in [0.29, 0.717) is 5.56 Å². The van der Waals surface area contributed by atoms with Gasteiger partial charge in [0.2, 0.25) is 0 Å². The number of carbonyl (C=O) groups is 1. The van der Waals surface area contributed by atoms with Crippen LogP contribution in [0.3, 0.4) is 0 Å². The van der Waals surface area contributed by atoms with Gasteiger partial charge in [-0.2, -0.15) is 0 Å². The Morgan fingerprint density at radius 3 is 2.83 bits per heavy atom. The molecule has 2 N–H and O–H groups in total. The molecule has 1 atom stereocenters. The third-order valence-electron chi connectivity index (χ3n) is 2.53. The summed E-state index contributed by atoms with van der Waals surface area (Å²) in [6, 6.07) is 8.83. The van der Waals surface area contributed by atoms with Crippen molar-refractivity contribution < 1.29 is 9.90 Å². The van der Waals surface area contributed by atoms with Crippen LogP contribution < -0.4 is 5.32 Å². The van der Waals surface area contributed by atoms with E-state index in [-0.39, 0.29) is 17.7 Å². The van der Waals surface area contributed by atoms with Gasteiger partial charge in [0.25, 0.3) is 5.91 Å². The summed E-state index contributed by atoms with van der Waals surface area (Å²) in [6.45, 7) is 1.94. The summed E-state index contributed by atoms with van der Waals surface area (Å²) < 4.78 is 0.732. The summed E-state index contributed by atoms with van der Waals surface area (Å²) >= 11 is 3.63. The Bertz CT molecular complexity index is 554. The van der Waals surface area contributed by atoms with E-state index < -0.39 is 0 Å². The lowest BCUT2D eigenvalue weighted by Crippen LogP contribution is -2.26. The Morgan fingerprint density at radius 2 is 2.22 bits per heavy atom. The Kier molecular flexibility index (Phi) is 4.23. The van der Waals surface area contributed by atoms with E-state index in [9.17, 15) is 9.90 Å². The molecule has 0 aliphatic rings. The Labute approximate surface area is 123 Å². The van der Waals surface area contributed by atoms with Gasteiger partial charge in [0, 0.05) is 10.4 Å². The van der Waals surface area contributed by atoms with Gasteiger partial charge in [-0.15, -0.1) is 11.3 Å². The summed E-state index contributed by atoms with van der Waals surface area (Å²) in [6.07, 6.45) is 0. The van der Waals surface area contributed by atoms with Crippen LogP contribution in [0, 0.1) is 3.57 Å². The summed E-state index contributed by atoms with van der Waals surface area (Å²) in [5.41, 5.74) is 0.469. The van der Waals surface area contributed by atoms with Crippen LogP contribution in [0.2, 0.25) is 0 Å². The van der Waals surface area contributed by atoms with Crippen LogP contribution >= 0.6 is 33.9 Å². The average Bonchev–Trinajstić information content (AvgIpc) is 2.86. The molecule has 0 saturated heterocycles. The van der Waals surface area contributed by atoms with Crippen LogP contribution in [-0.4, -0.2) is 11.0 Å². The van der Waals surface area contributed by atoms with Gasteiger partial charge < -0.3 is 10.4 Å². The second-order valence-electron chi connectivity index (χ2n) is 3.88. The number of aromatic hydroxyl groups is 1. The Hall–Kier alpha value is -1.08. The van der Waals surface area contributed by atoms with Gasteiger partial charge in [-0.3, -0.25) is 4.79 Å². The number of thiophene rings is 1. The number of phenols is 1. The molecule has 0 aliphatic carbocycles. The highest BCUT2D eigenvalue weighted by molar-refractivity contribution is 14.1. The van der Waals surface area contributed by atoms with E-state index in [2.05, 4.69) is 5.32 Å². The van der Waals surface area contributed by atoms with Crippen LogP contribution in [0.15, 0.2) is 35.7 Å². The van der Waals surface area contributed by atoms with Crippen LogP contribution in [0.4, 0.5) is 0 Å². The number of phenolic OH excluding ortho intramolecular Hbond substituents is 1. The lowest BCUT2D eigenvalue weighted by molar-refractivity contribution is 0.0940. The first-order valence-electron chi connectivity index (χ1n) is 5.40. The van der Waals surface area contributed by atoms with Crippen molar-refractivity contribution in [3.63, 3.8) is 0 Å². The summed E-state index contributed by atoms with van der Waals surface area (Å²) in [7, 11) is 0. The minimum absolute atomic E-state index is 0.0288. The number of hydrogen-bond donors (Lipinski definition) is 2. The van der Waals surface area contributed by atoms with Crippen LogP contribution in [0.5, 0.6) is 5.75 Å².